The second-order valence-electron chi connectivity index (χ2n) is 3.23. The fourth-order valence-electron chi connectivity index (χ4n) is 1.16. The lowest BCUT2D eigenvalue weighted by atomic mass is 10.3. The summed E-state index contributed by atoms with van der Waals surface area (Å²) in [6, 6.07) is 7.21. The third-order valence-corrected chi connectivity index (χ3v) is 2.90. The Balaban J connectivity index is 2.70. The molecular weight excluding hydrogens is 240 g/mol. The van der Waals surface area contributed by atoms with Crippen molar-refractivity contribution >= 4 is 29.3 Å². The second-order valence-corrected chi connectivity index (χ2v) is 4.25. The van der Waals surface area contributed by atoms with Gasteiger partial charge in [0.05, 0.1) is 11.4 Å². The van der Waals surface area contributed by atoms with E-state index in [9.17, 15) is 9.59 Å². The molecule has 0 aliphatic heterocycles. The molecule has 5 nitrogen and oxygen atoms in total. The Hall–Kier alpha value is -1.53. The molecular formula is C11H14N2O3S. The molecule has 0 unspecified atom stereocenters. The van der Waals surface area contributed by atoms with Crippen LogP contribution in [0.1, 0.15) is 0 Å². The molecule has 0 atom stereocenters. The third kappa shape index (κ3) is 4.88. The molecule has 0 aliphatic rings. The first-order valence-corrected chi connectivity index (χ1v) is 5.91. The summed E-state index contributed by atoms with van der Waals surface area (Å²) in [6.07, 6.45) is 0. The van der Waals surface area contributed by atoms with Crippen LogP contribution < -0.4 is 11.1 Å². The van der Waals surface area contributed by atoms with Crippen LogP contribution >= 0.6 is 11.8 Å². The average molecular weight is 254 g/mol. The first kappa shape index (κ1) is 13.5. The molecule has 3 N–H and O–H groups in total. The van der Waals surface area contributed by atoms with Crippen LogP contribution in [0.4, 0.5) is 5.69 Å². The van der Waals surface area contributed by atoms with Gasteiger partial charge in [0.25, 0.3) is 0 Å². The zero-order chi connectivity index (χ0) is 12.7. The molecule has 0 aromatic heterocycles. The van der Waals surface area contributed by atoms with Gasteiger partial charge in [-0.15, -0.1) is 11.8 Å². The van der Waals surface area contributed by atoms with Gasteiger partial charge in [0, 0.05) is 12.0 Å². The maximum Gasteiger partial charge on any atom is 0.250 e. The monoisotopic (exact) mass is 254 g/mol. The van der Waals surface area contributed by atoms with Crippen molar-refractivity contribution in [1.29, 1.82) is 0 Å². The molecule has 0 fully saturated rings. The second kappa shape index (κ2) is 6.93. The predicted octanol–water partition coefficient (Wildman–Crippen LogP) is 0.849. The standard InChI is InChI=1S/C11H14N2O3S/c1-16-6-11(15)13-8-4-2-3-5-9(8)17-7-10(12)14/h2-5H,6-7H2,1H3,(H2,12,14)(H,13,15). The van der Waals surface area contributed by atoms with E-state index >= 15 is 0 Å². The highest BCUT2D eigenvalue weighted by Crippen LogP contribution is 2.26. The first-order chi connectivity index (χ1) is 8.13. The zero-order valence-electron chi connectivity index (χ0n) is 9.43. The Morgan fingerprint density at radius 1 is 1.41 bits per heavy atom. The maximum atomic E-state index is 11.4. The van der Waals surface area contributed by atoms with E-state index in [0.29, 0.717) is 5.69 Å². The van der Waals surface area contributed by atoms with E-state index in [0.717, 1.165) is 4.90 Å². The maximum absolute atomic E-state index is 11.4. The van der Waals surface area contributed by atoms with E-state index in [4.69, 9.17) is 10.5 Å². The topological polar surface area (TPSA) is 81.4 Å². The molecule has 0 radical (unpaired) electrons. The molecule has 0 spiro atoms. The van der Waals surface area contributed by atoms with Gasteiger partial charge in [0.1, 0.15) is 6.61 Å². The van der Waals surface area contributed by atoms with Crippen LogP contribution in [0.5, 0.6) is 0 Å². The summed E-state index contributed by atoms with van der Waals surface area (Å²) in [6.45, 7) is -0.00514. The van der Waals surface area contributed by atoms with Crippen LogP contribution in [-0.2, 0) is 14.3 Å². The van der Waals surface area contributed by atoms with Crippen molar-refractivity contribution in [3.63, 3.8) is 0 Å². The van der Waals surface area contributed by atoms with Crippen LogP contribution in [0.25, 0.3) is 0 Å². The van der Waals surface area contributed by atoms with Crippen molar-refractivity contribution in [1.82, 2.24) is 0 Å². The van der Waals surface area contributed by atoms with E-state index in [-0.39, 0.29) is 18.3 Å². The zero-order valence-corrected chi connectivity index (χ0v) is 10.3. The normalized spacial score (nSPS) is 9.94. The molecule has 6 heteroatoms. The van der Waals surface area contributed by atoms with Crippen molar-refractivity contribution in [2.24, 2.45) is 5.73 Å². The summed E-state index contributed by atoms with van der Waals surface area (Å²) in [4.78, 5) is 22.9. The summed E-state index contributed by atoms with van der Waals surface area (Å²) in [5, 5.41) is 2.70. The molecule has 1 aromatic carbocycles. The number of amides is 2. The van der Waals surface area contributed by atoms with E-state index in [1.54, 1.807) is 12.1 Å². The molecule has 0 bridgehead atoms. The molecule has 0 aliphatic carbocycles. The number of thioether (sulfide) groups is 1. The Bertz CT molecular complexity index is 409. The highest BCUT2D eigenvalue weighted by molar-refractivity contribution is 8.00. The number of hydrogen-bond acceptors (Lipinski definition) is 4. The van der Waals surface area contributed by atoms with Gasteiger partial charge >= 0.3 is 0 Å². The number of hydrogen-bond donors (Lipinski definition) is 2. The van der Waals surface area contributed by atoms with Crippen molar-refractivity contribution in [3.8, 4) is 0 Å². The molecule has 0 heterocycles. The third-order valence-electron chi connectivity index (χ3n) is 1.81. The Kier molecular flexibility index (Phi) is 5.51. The van der Waals surface area contributed by atoms with Crippen LogP contribution in [0.2, 0.25) is 0 Å². The molecule has 1 aromatic rings. The number of nitrogens with one attached hydrogen (secondary N) is 1. The summed E-state index contributed by atoms with van der Waals surface area (Å²) in [5.41, 5.74) is 5.73. The van der Waals surface area contributed by atoms with Gasteiger partial charge < -0.3 is 15.8 Å². The van der Waals surface area contributed by atoms with Crippen molar-refractivity contribution in [2.45, 2.75) is 4.90 Å². The van der Waals surface area contributed by atoms with E-state index in [2.05, 4.69) is 5.32 Å². The van der Waals surface area contributed by atoms with E-state index < -0.39 is 5.91 Å². The van der Waals surface area contributed by atoms with Crippen molar-refractivity contribution < 1.29 is 14.3 Å². The number of nitrogens with two attached hydrogens (primary N) is 1. The number of methoxy groups -OCH3 is 1. The van der Waals surface area contributed by atoms with Crippen LogP contribution in [0.15, 0.2) is 29.2 Å². The van der Waals surface area contributed by atoms with Crippen LogP contribution in [0, 0.1) is 0 Å². The minimum Gasteiger partial charge on any atom is -0.375 e. The highest BCUT2D eigenvalue weighted by Gasteiger charge is 2.07. The lowest BCUT2D eigenvalue weighted by Crippen LogP contribution is -2.18. The van der Waals surface area contributed by atoms with Crippen molar-refractivity contribution in [2.75, 3.05) is 24.8 Å². The van der Waals surface area contributed by atoms with Crippen LogP contribution in [0.3, 0.4) is 0 Å². The van der Waals surface area contributed by atoms with Gasteiger partial charge in [-0.05, 0) is 12.1 Å². The number of carbonyl (C=O) groups is 2. The van der Waals surface area contributed by atoms with Gasteiger partial charge in [-0.25, -0.2) is 0 Å². The molecule has 92 valence electrons. The molecule has 0 saturated carbocycles. The average Bonchev–Trinajstić information content (AvgIpc) is 2.28. The number of anilines is 1. The van der Waals surface area contributed by atoms with Crippen LogP contribution in [-0.4, -0.2) is 31.3 Å². The minimum absolute atomic E-state index is 0.00514. The lowest BCUT2D eigenvalue weighted by molar-refractivity contribution is -0.119. The predicted molar refractivity (Wildman–Crippen MR) is 66.9 cm³/mol. The van der Waals surface area contributed by atoms with Gasteiger partial charge in [-0.1, -0.05) is 12.1 Å². The number of benzene rings is 1. The SMILES string of the molecule is COCC(=O)Nc1ccccc1SCC(N)=O. The fraction of sp³-hybridized carbons (Fsp3) is 0.273. The first-order valence-electron chi connectivity index (χ1n) is 4.92. The summed E-state index contributed by atoms with van der Waals surface area (Å²) in [5.74, 6) is -0.454. The smallest absolute Gasteiger partial charge is 0.250 e. The minimum atomic E-state index is -0.395. The van der Waals surface area contributed by atoms with E-state index in [1.807, 2.05) is 12.1 Å². The number of carbonyl (C=O) groups excluding carboxylic acids is 2. The number of ether oxygens (including phenoxy) is 1. The summed E-state index contributed by atoms with van der Waals surface area (Å²) < 4.78 is 4.72. The highest BCUT2D eigenvalue weighted by atomic mass is 32.2. The molecule has 17 heavy (non-hydrogen) atoms. The Morgan fingerprint density at radius 2 is 2.12 bits per heavy atom. The van der Waals surface area contributed by atoms with Gasteiger partial charge in [-0.2, -0.15) is 0 Å². The van der Waals surface area contributed by atoms with Gasteiger partial charge in [-0.3, -0.25) is 9.59 Å². The number of para-hydroxylation sites is 1. The van der Waals surface area contributed by atoms with Gasteiger partial charge in [0.2, 0.25) is 11.8 Å². The van der Waals surface area contributed by atoms with E-state index in [1.165, 1.54) is 18.9 Å². The van der Waals surface area contributed by atoms with Gasteiger partial charge in [0.15, 0.2) is 0 Å². The Labute approximate surface area is 104 Å². The summed E-state index contributed by atoms with van der Waals surface area (Å²) in [7, 11) is 1.45. The number of primary amides is 1. The lowest BCUT2D eigenvalue weighted by Gasteiger charge is -2.09. The molecule has 2 amide bonds. The molecule has 1 rings (SSSR count). The largest absolute Gasteiger partial charge is 0.375 e. The fourth-order valence-corrected chi connectivity index (χ4v) is 1.91. The molecule has 0 saturated heterocycles. The number of rotatable bonds is 6. The quantitative estimate of drug-likeness (QED) is 0.737. The summed E-state index contributed by atoms with van der Waals surface area (Å²) >= 11 is 1.29. The Morgan fingerprint density at radius 3 is 2.76 bits per heavy atom. The van der Waals surface area contributed by atoms with Crippen molar-refractivity contribution in [3.05, 3.63) is 24.3 Å².